The minimum Gasteiger partial charge on any atom is -0.490 e. The predicted octanol–water partition coefficient (Wildman–Crippen LogP) is 4.03. The van der Waals surface area contributed by atoms with Gasteiger partial charge >= 0.3 is 6.09 Å². The van der Waals surface area contributed by atoms with Crippen molar-refractivity contribution in [2.75, 3.05) is 14.2 Å². The van der Waals surface area contributed by atoms with Crippen LogP contribution in [0.2, 0.25) is 0 Å². The number of aromatic nitrogens is 4. The molecule has 0 aliphatic heterocycles. The smallest absolute Gasteiger partial charge is 0.408 e. The van der Waals surface area contributed by atoms with Crippen molar-refractivity contribution < 1.29 is 27.9 Å². The Kier molecular flexibility index (Phi) is 7.04. The lowest BCUT2D eigenvalue weighted by Crippen LogP contribution is -2.45. The van der Waals surface area contributed by atoms with Crippen LogP contribution in [0.3, 0.4) is 0 Å². The molecule has 0 atom stereocenters. The molecule has 182 valence electrons. The summed E-state index contributed by atoms with van der Waals surface area (Å²) >= 11 is 0. The molecule has 2 heterocycles. The van der Waals surface area contributed by atoms with E-state index >= 15 is 0 Å². The maximum Gasteiger partial charge on any atom is 0.408 e. The van der Waals surface area contributed by atoms with Crippen LogP contribution < -0.4 is 14.8 Å². The number of nitrogens with zero attached hydrogens (tertiary/aromatic N) is 4. The highest BCUT2D eigenvalue weighted by atomic mass is 19.1. The van der Waals surface area contributed by atoms with Gasteiger partial charge in [0.05, 0.1) is 26.2 Å². The zero-order valence-electron chi connectivity index (χ0n) is 20.2. The maximum atomic E-state index is 13.2. The topological polar surface area (TPSA) is 121 Å². The molecular weight excluding hydrogens is 445 g/mol. The molecule has 0 bridgehead atoms. The number of amides is 1. The lowest BCUT2D eigenvalue weighted by Gasteiger charge is -2.28. The van der Waals surface area contributed by atoms with E-state index in [1.165, 1.54) is 26.4 Å². The van der Waals surface area contributed by atoms with Gasteiger partial charge in [0.1, 0.15) is 11.4 Å². The van der Waals surface area contributed by atoms with Crippen molar-refractivity contribution in [1.82, 2.24) is 25.4 Å². The van der Waals surface area contributed by atoms with E-state index in [9.17, 15) is 9.18 Å². The number of carbonyl (C=O) groups is 1. The first-order chi connectivity index (χ1) is 15.9. The first-order valence-corrected chi connectivity index (χ1v) is 10.5. The lowest BCUT2D eigenvalue weighted by atomic mass is 10.0. The Hall–Kier alpha value is -3.76. The van der Waals surface area contributed by atoms with E-state index in [4.69, 9.17) is 18.7 Å². The molecule has 1 N–H and O–H groups in total. The minimum atomic E-state index is -1.04. The first kappa shape index (κ1) is 24.9. The molecule has 11 heteroatoms. The van der Waals surface area contributed by atoms with E-state index in [0.717, 1.165) is 5.56 Å². The van der Waals surface area contributed by atoms with Crippen LogP contribution in [0.5, 0.6) is 11.6 Å². The van der Waals surface area contributed by atoms with Crippen LogP contribution in [0.15, 0.2) is 28.8 Å². The number of carbonyl (C=O) groups excluding carboxylic acids is 1. The molecule has 0 aliphatic carbocycles. The molecule has 3 rings (SSSR count). The standard InChI is InChI=1S/C23H28FN5O5/c1-22(2,3)33-21(30)28-23(4,5)20-26-16(17(31-6)19(27-20)32-7)18-25-15(34-29-18)12-13-8-10-14(24)11-9-13/h8-11H,12H2,1-7H3,(H,28,30). The number of halogens is 1. The second-order valence-corrected chi connectivity index (χ2v) is 9.01. The summed E-state index contributed by atoms with van der Waals surface area (Å²) in [6.45, 7) is 8.75. The van der Waals surface area contributed by atoms with Crippen molar-refractivity contribution in [3.63, 3.8) is 0 Å². The number of methoxy groups -OCH3 is 2. The molecular formula is C23H28FN5O5. The van der Waals surface area contributed by atoms with Gasteiger partial charge in [-0.15, -0.1) is 0 Å². The van der Waals surface area contributed by atoms with Crippen LogP contribution in [0.1, 0.15) is 51.9 Å². The van der Waals surface area contributed by atoms with E-state index in [0.29, 0.717) is 12.3 Å². The van der Waals surface area contributed by atoms with Crippen LogP contribution in [0.4, 0.5) is 9.18 Å². The number of ether oxygens (including phenoxy) is 3. The van der Waals surface area contributed by atoms with E-state index in [-0.39, 0.29) is 34.8 Å². The molecule has 3 aromatic rings. The molecule has 0 fully saturated rings. The number of hydrogen-bond acceptors (Lipinski definition) is 9. The van der Waals surface area contributed by atoms with Crippen LogP contribution in [-0.2, 0) is 16.7 Å². The highest BCUT2D eigenvalue weighted by molar-refractivity contribution is 5.69. The van der Waals surface area contributed by atoms with Crippen LogP contribution >= 0.6 is 0 Å². The van der Waals surface area contributed by atoms with Gasteiger partial charge in [-0.2, -0.15) is 9.97 Å². The number of alkyl carbamates (subject to hydrolysis) is 1. The normalized spacial score (nSPS) is 11.8. The number of nitrogens with one attached hydrogen (secondary N) is 1. The van der Waals surface area contributed by atoms with Crippen molar-refractivity contribution in [2.24, 2.45) is 0 Å². The van der Waals surface area contributed by atoms with Gasteiger partial charge in [0.2, 0.25) is 17.5 Å². The highest BCUT2D eigenvalue weighted by Gasteiger charge is 2.32. The van der Waals surface area contributed by atoms with Crippen molar-refractivity contribution in [1.29, 1.82) is 0 Å². The van der Waals surface area contributed by atoms with Gasteiger partial charge in [-0.05, 0) is 52.3 Å². The minimum absolute atomic E-state index is 0.131. The second-order valence-electron chi connectivity index (χ2n) is 9.01. The van der Waals surface area contributed by atoms with Crippen molar-refractivity contribution in [2.45, 2.75) is 52.2 Å². The lowest BCUT2D eigenvalue weighted by molar-refractivity contribution is 0.0465. The summed E-state index contributed by atoms with van der Waals surface area (Å²) in [6, 6.07) is 5.99. The Morgan fingerprint density at radius 1 is 1.03 bits per heavy atom. The van der Waals surface area contributed by atoms with Gasteiger partial charge in [0.25, 0.3) is 5.88 Å². The summed E-state index contributed by atoms with van der Waals surface area (Å²) in [5.74, 6) is 0.664. The van der Waals surface area contributed by atoms with E-state index < -0.39 is 17.2 Å². The van der Waals surface area contributed by atoms with Crippen molar-refractivity contribution in [3.8, 4) is 23.1 Å². The van der Waals surface area contributed by atoms with E-state index in [1.807, 2.05) is 0 Å². The van der Waals surface area contributed by atoms with Crippen LogP contribution in [0.25, 0.3) is 11.5 Å². The van der Waals surface area contributed by atoms with Gasteiger partial charge < -0.3 is 24.1 Å². The molecule has 1 amide bonds. The van der Waals surface area contributed by atoms with Gasteiger partial charge in [-0.3, -0.25) is 0 Å². The molecule has 0 unspecified atom stereocenters. The molecule has 34 heavy (non-hydrogen) atoms. The Morgan fingerprint density at radius 2 is 1.71 bits per heavy atom. The van der Waals surface area contributed by atoms with Gasteiger partial charge in [-0.1, -0.05) is 17.3 Å². The Balaban J connectivity index is 1.96. The zero-order valence-corrected chi connectivity index (χ0v) is 20.2. The molecule has 0 radical (unpaired) electrons. The fourth-order valence-electron chi connectivity index (χ4n) is 3.00. The second kappa shape index (κ2) is 9.62. The summed E-state index contributed by atoms with van der Waals surface area (Å²) in [5.41, 5.74) is -0.697. The molecule has 1 aromatic carbocycles. The van der Waals surface area contributed by atoms with Crippen LogP contribution in [-0.4, -0.2) is 46.0 Å². The number of benzene rings is 1. The summed E-state index contributed by atoms with van der Waals surface area (Å²) in [5, 5.41) is 6.78. The van der Waals surface area contributed by atoms with Gasteiger partial charge in [0, 0.05) is 0 Å². The van der Waals surface area contributed by atoms with Crippen LogP contribution in [0, 0.1) is 5.82 Å². The molecule has 0 saturated heterocycles. The van der Waals surface area contributed by atoms with E-state index in [2.05, 4.69) is 25.4 Å². The van der Waals surface area contributed by atoms with Crippen molar-refractivity contribution >= 4 is 6.09 Å². The fourth-order valence-corrected chi connectivity index (χ4v) is 3.00. The SMILES string of the molecule is COc1nc(C(C)(C)NC(=O)OC(C)(C)C)nc(-c2noc(Cc3ccc(F)cc3)n2)c1OC. The third-order valence-corrected chi connectivity index (χ3v) is 4.55. The quantitative estimate of drug-likeness (QED) is 0.542. The number of rotatable bonds is 7. The molecule has 10 nitrogen and oxygen atoms in total. The summed E-state index contributed by atoms with van der Waals surface area (Å²) in [4.78, 5) is 25.7. The Morgan fingerprint density at radius 3 is 2.29 bits per heavy atom. The average molecular weight is 474 g/mol. The monoisotopic (exact) mass is 473 g/mol. The van der Waals surface area contributed by atoms with Gasteiger partial charge in [-0.25, -0.2) is 14.2 Å². The molecule has 0 saturated carbocycles. The largest absolute Gasteiger partial charge is 0.490 e. The Labute approximate surface area is 196 Å². The predicted molar refractivity (Wildman–Crippen MR) is 120 cm³/mol. The Bertz CT molecular complexity index is 1160. The third kappa shape index (κ3) is 5.97. The highest BCUT2D eigenvalue weighted by Crippen LogP contribution is 2.36. The zero-order chi connectivity index (χ0) is 25.1. The third-order valence-electron chi connectivity index (χ3n) is 4.55. The summed E-state index contributed by atoms with van der Waals surface area (Å²) < 4.78 is 34.7. The van der Waals surface area contributed by atoms with E-state index in [1.54, 1.807) is 46.8 Å². The van der Waals surface area contributed by atoms with Gasteiger partial charge in [0.15, 0.2) is 11.5 Å². The molecule has 0 spiro atoms. The molecule has 0 aliphatic rings. The van der Waals surface area contributed by atoms with Crippen molar-refractivity contribution in [3.05, 3.63) is 47.4 Å². The summed E-state index contributed by atoms with van der Waals surface area (Å²) in [7, 11) is 2.87. The number of hydrogen-bond donors (Lipinski definition) is 1. The average Bonchev–Trinajstić information content (AvgIpc) is 3.20. The molecule has 2 aromatic heterocycles. The fraction of sp³-hybridized carbons (Fsp3) is 0.435. The maximum absolute atomic E-state index is 13.2. The summed E-state index contributed by atoms with van der Waals surface area (Å²) in [6.07, 6.45) is -0.324. The first-order valence-electron chi connectivity index (χ1n) is 10.5.